The highest BCUT2D eigenvalue weighted by Crippen LogP contribution is 2.27. The number of halogens is 1. The van der Waals surface area contributed by atoms with Crippen molar-refractivity contribution in [2.45, 2.75) is 43.8 Å². The van der Waals surface area contributed by atoms with Crippen LogP contribution in [-0.2, 0) is 33.7 Å². The third-order valence-corrected chi connectivity index (χ3v) is 6.12. The summed E-state index contributed by atoms with van der Waals surface area (Å²) in [6.45, 7) is 1.25. The minimum Gasteiger partial charge on any atom is -0.381 e. The molecule has 2 aliphatic rings. The molecule has 0 aromatic heterocycles. The second-order valence-corrected chi connectivity index (χ2v) is 8.36. The van der Waals surface area contributed by atoms with Crippen LogP contribution in [0.5, 0.6) is 0 Å². The maximum atomic E-state index is 13.2. The van der Waals surface area contributed by atoms with Gasteiger partial charge in [-0.25, -0.2) is 4.39 Å². The second-order valence-electron chi connectivity index (χ2n) is 8.36. The SMILES string of the molecule is N#C[C@H](Cc1ccc2c(c1)CC(=O)N(c1ccc(F)cc1)C2)NC(=O)C1(N)CCOCC1. The van der Waals surface area contributed by atoms with Gasteiger partial charge in [0.1, 0.15) is 11.9 Å². The van der Waals surface area contributed by atoms with E-state index in [9.17, 15) is 19.2 Å². The third-order valence-electron chi connectivity index (χ3n) is 6.12. The number of nitrogens with zero attached hydrogens (tertiary/aromatic N) is 2. The zero-order chi connectivity index (χ0) is 22.7. The molecular formula is C24H25FN4O3. The van der Waals surface area contributed by atoms with Gasteiger partial charge in [0, 0.05) is 25.3 Å². The van der Waals surface area contributed by atoms with Gasteiger partial charge in [0.15, 0.2) is 0 Å². The number of rotatable bonds is 5. The number of ether oxygens (including phenoxy) is 1. The fourth-order valence-corrected chi connectivity index (χ4v) is 4.13. The number of hydrogen-bond donors (Lipinski definition) is 2. The predicted molar refractivity (Wildman–Crippen MR) is 116 cm³/mol. The number of nitrogens with one attached hydrogen (secondary N) is 1. The van der Waals surface area contributed by atoms with Crippen LogP contribution in [0.2, 0.25) is 0 Å². The highest BCUT2D eigenvalue weighted by molar-refractivity contribution is 5.96. The summed E-state index contributed by atoms with van der Waals surface area (Å²) in [4.78, 5) is 27.0. The lowest BCUT2D eigenvalue weighted by molar-refractivity contribution is -0.130. The van der Waals surface area contributed by atoms with Gasteiger partial charge in [0.05, 0.1) is 24.6 Å². The van der Waals surface area contributed by atoms with Gasteiger partial charge in [-0.05, 0) is 53.8 Å². The first-order valence-electron chi connectivity index (χ1n) is 10.6. The van der Waals surface area contributed by atoms with E-state index in [-0.39, 0.29) is 24.1 Å². The number of nitrogens with two attached hydrogens (primary N) is 1. The molecule has 1 fully saturated rings. The Morgan fingerprint density at radius 1 is 1.22 bits per heavy atom. The number of nitriles is 1. The van der Waals surface area contributed by atoms with E-state index < -0.39 is 11.6 Å². The summed E-state index contributed by atoms with van der Waals surface area (Å²) in [6, 6.07) is 13.0. The van der Waals surface area contributed by atoms with Crippen LogP contribution in [0.3, 0.4) is 0 Å². The maximum Gasteiger partial charge on any atom is 0.241 e. The van der Waals surface area contributed by atoms with Crippen molar-refractivity contribution in [1.29, 1.82) is 5.26 Å². The highest BCUT2D eigenvalue weighted by Gasteiger charge is 2.37. The molecule has 0 spiro atoms. The van der Waals surface area contributed by atoms with Gasteiger partial charge in [0.2, 0.25) is 11.8 Å². The largest absolute Gasteiger partial charge is 0.381 e. The molecule has 1 atom stereocenters. The van der Waals surface area contributed by atoms with Crippen molar-refractivity contribution in [2.75, 3.05) is 18.1 Å². The van der Waals surface area contributed by atoms with E-state index in [0.717, 1.165) is 16.7 Å². The van der Waals surface area contributed by atoms with Crippen molar-refractivity contribution in [2.24, 2.45) is 5.73 Å². The summed E-state index contributed by atoms with van der Waals surface area (Å²) in [5.74, 6) is -0.758. The minimum atomic E-state index is -1.01. The zero-order valence-corrected chi connectivity index (χ0v) is 17.6. The van der Waals surface area contributed by atoms with Gasteiger partial charge < -0.3 is 20.7 Å². The Morgan fingerprint density at radius 2 is 1.94 bits per heavy atom. The molecular weight excluding hydrogens is 411 g/mol. The van der Waals surface area contributed by atoms with Crippen molar-refractivity contribution < 1.29 is 18.7 Å². The van der Waals surface area contributed by atoms with Crippen molar-refractivity contribution in [3.8, 4) is 6.07 Å². The Labute approximate surface area is 186 Å². The van der Waals surface area contributed by atoms with Crippen LogP contribution >= 0.6 is 0 Å². The number of carbonyl (C=O) groups is 2. The molecule has 0 saturated carbocycles. The molecule has 2 heterocycles. The van der Waals surface area contributed by atoms with E-state index in [1.807, 2.05) is 18.2 Å². The quantitative estimate of drug-likeness (QED) is 0.745. The molecule has 2 amide bonds. The molecule has 8 heteroatoms. The van der Waals surface area contributed by atoms with Gasteiger partial charge >= 0.3 is 0 Å². The van der Waals surface area contributed by atoms with E-state index in [2.05, 4.69) is 11.4 Å². The maximum absolute atomic E-state index is 13.2. The lowest BCUT2D eigenvalue weighted by Crippen LogP contribution is -2.58. The van der Waals surface area contributed by atoms with Crippen LogP contribution < -0.4 is 16.0 Å². The first-order chi connectivity index (χ1) is 15.4. The van der Waals surface area contributed by atoms with Crippen molar-refractivity contribution in [3.05, 3.63) is 65.0 Å². The standard InChI is InChI=1S/C24H25FN4O3/c25-19-3-5-21(6-4-19)29-15-17-2-1-16(11-18(17)13-22(29)30)12-20(14-26)28-23(31)24(27)7-9-32-10-8-24/h1-6,11,20H,7-10,12-13,15,27H2,(H,28,31)/t20-/m0/s1. The molecule has 0 aliphatic carbocycles. The van der Waals surface area contributed by atoms with Crippen LogP contribution in [-0.4, -0.2) is 36.6 Å². The number of carbonyl (C=O) groups excluding carboxylic acids is 2. The Kier molecular flexibility index (Phi) is 6.21. The van der Waals surface area contributed by atoms with Crippen LogP contribution in [0.4, 0.5) is 10.1 Å². The molecule has 1 saturated heterocycles. The number of amides is 2. The summed E-state index contributed by atoms with van der Waals surface area (Å²) < 4.78 is 18.5. The predicted octanol–water partition coefficient (Wildman–Crippen LogP) is 1.97. The molecule has 0 radical (unpaired) electrons. The molecule has 4 rings (SSSR count). The third kappa shape index (κ3) is 4.64. The lowest BCUT2D eigenvalue weighted by atomic mass is 9.89. The number of fused-ring (bicyclic) bond motifs is 1. The molecule has 0 unspecified atom stereocenters. The minimum absolute atomic E-state index is 0.0732. The van der Waals surface area contributed by atoms with E-state index in [1.54, 1.807) is 17.0 Å². The van der Waals surface area contributed by atoms with Crippen LogP contribution in [0.1, 0.15) is 29.5 Å². The average Bonchev–Trinajstić information content (AvgIpc) is 2.79. The highest BCUT2D eigenvalue weighted by atomic mass is 19.1. The van der Waals surface area contributed by atoms with Crippen molar-refractivity contribution >= 4 is 17.5 Å². The van der Waals surface area contributed by atoms with Crippen molar-refractivity contribution in [1.82, 2.24) is 5.32 Å². The van der Waals surface area contributed by atoms with Gasteiger partial charge in [-0.1, -0.05) is 18.2 Å². The molecule has 2 aromatic carbocycles. The Balaban J connectivity index is 1.44. The normalized spacial score (nSPS) is 18.4. The summed E-state index contributed by atoms with van der Waals surface area (Å²) >= 11 is 0. The van der Waals surface area contributed by atoms with Crippen LogP contribution in [0, 0.1) is 17.1 Å². The van der Waals surface area contributed by atoms with Gasteiger partial charge in [-0.2, -0.15) is 5.26 Å². The van der Waals surface area contributed by atoms with Gasteiger partial charge in [-0.15, -0.1) is 0 Å². The molecule has 32 heavy (non-hydrogen) atoms. The fourth-order valence-electron chi connectivity index (χ4n) is 4.13. The van der Waals surface area contributed by atoms with E-state index in [4.69, 9.17) is 10.5 Å². The molecule has 166 valence electrons. The van der Waals surface area contributed by atoms with Crippen LogP contribution in [0.15, 0.2) is 42.5 Å². The van der Waals surface area contributed by atoms with Gasteiger partial charge in [-0.3, -0.25) is 9.59 Å². The number of hydrogen-bond acceptors (Lipinski definition) is 5. The Morgan fingerprint density at radius 3 is 2.62 bits per heavy atom. The molecule has 3 N–H and O–H groups in total. The Hall–Kier alpha value is -3.28. The van der Waals surface area contributed by atoms with Gasteiger partial charge in [0.25, 0.3) is 0 Å². The van der Waals surface area contributed by atoms with Crippen molar-refractivity contribution in [3.63, 3.8) is 0 Å². The fraction of sp³-hybridized carbons (Fsp3) is 0.375. The molecule has 0 bridgehead atoms. The number of benzene rings is 2. The number of anilines is 1. The molecule has 2 aromatic rings. The summed E-state index contributed by atoms with van der Waals surface area (Å²) in [6.07, 6.45) is 1.37. The second kappa shape index (κ2) is 9.07. The summed E-state index contributed by atoms with van der Waals surface area (Å²) in [5, 5.41) is 12.3. The van der Waals surface area contributed by atoms with E-state index >= 15 is 0 Å². The summed E-state index contributed by atoms with van der Waals surface area (Å²) in [7, 11) is 0. The molecule has 7 nitrogen and oxygen atoms in total. The lowest BCUT2D eigenvalue weighted by Gasteiger charge is -2.32. The topological polar surface area (TPSA) is 108 Å². The van der Waals surface area contributed by atoms with Crippen LogP contribution in [0.25, 0.3) is 0 Å². The molecule has 2 aliphatic heterocycles. The smallest absolute Gasteiger partial charge is 0.241 e. The summed E-state index contributed by atoms with van der Waals surface area (Å²) in [5.41, 5.74) is 8.60. The monoisotopic (exact) mass is 436 g/mol. The zero-order valence-electron chi connectivity index (χ0n) is 17.6. The van der Waals surface area contributed by atoms with E-state index in [1.165, 1.54) is 12.1 Å². The first kappa shape index (κ1) is 21.9. The Bertz CT molecular complexity index is 1060. The first-order valence-corrected chi connectivity index (χ1v) is 10.6. The average molecular weight is 436 g/mol. The van der Waals surface area contributed by atoms with E-state index in [0.29, 0.717) is 44.7 Å².